The zero-order chi connectivity index (χ0) is 27.5. The number of aliphatic hydroxyl groups is 2. The second-order valence-corrected chi connectivity index (χ2v) is 10.7. The fraction of sp³-hybridized carbons (Fsp3) is 0.290. The van der Waals surface area contributed by atoms with Crippen LogP contribution in [0.25, 0.3) is 0 Å². The molecule has 1 aliphatic carbocycles. The van der Waals surface area contributed by atoms with Crippen LogP contribution in [0.4, 0.5) is 0 Å². The van der Waals surface area contributed by atoms with Crippen LogP contribution in [0.2, 0.25) is 0 Å². The summed E-state index contributed by atoms with van der Waals surface area (Å²) in [6.45, 7) is 3.30. The highest BCUT2D eigenvalue weighted by Crippen LogP contribution is 2.76. The van der Waals surface area contributed by atoms with Gasteiger partial charge in [0.25, 0.3) is 5.56 Å². The van der Waals surface area contributed by atoms with E-state index in [0.29, 0.717) is 0 Å². The van der Waals surface area contributed by atoms with Gasteiger partial charge in [-0.05, 0) is 16.7 Å². The molecular weight excluding hydrogens is 498 g/mol. The van der Waals surface area contributed by atoms with E-state index < -0.39 is 45.7 Å². The molecule has 1 aromatic heterocycles. The quantitative estimate of drug-likeness (QED) is 0.315. The largest absolute Gasteiger partial charge is 0.419 e. The van der Waals surface area contributed by atoms with Gasteiger partial charge in [0.1, 0.15) is 35.3 Å². The van der Waals surface area contributed by atoms with Gasteiger partial charge >= 0.3 is 5.76 Å². The van der Waals surface area contributed by atoms with Crippen molar-refractivity contribution in [2.45, 2.75) is 42.9 Å². The number of benzene rings is 3. The summed E-state index contributed by atoms with van der Waals surface area (Å²) in [5.74, 6) is -0.919. The summed E-state index contributed by atoms with van der Waals surface area (Å²) in [7, 11) is 0. The summed E-state index contributed by atoms with van der Waals surface area (Å²) < 4.78 is 17.9. The molecule has 4 aromatic rings. The molecular formula is C31H29NO7. The van der Waals surface area contributed by atoms with Crippen molar-refractivity contribution in [1.82, 2.24) is 4.98 Å². The third kappa shape index (κ3) is 3.39. The van der Waals surface area contributed by atoms with Crippen LogP contribution in [0.15, 0.2) is 111 Å². The Bertz CT molecular complexity index is 1500. The Labute approximate surface area is 224 Å². The van der Waals surface area contributed by atoms with Crippen LogP contribution < -0.4 is 11.3 Å². The number of fused-ring (bicyclic) bond motifs is 1. The highest BCUT2D eigenvalue weighted by molar-refractivity contribution is 5.48. The first-order valence-corrected chi connectivity index (χ1v) is 12.8. The highest BCUT2D eigenvalue weighted by atomic mass is 16.6. The molecule has 2 aliphatic rings. The molecule has 0 spiro atoms. The molecule has 1 saturated heterocycles. The molecule has 8 nitrogen and oxygen atoms in total. The number of rotatable bonds is 7. The van der Waals surface area contributed by atoms with E-state index in [1.807, 2.05) is 91.0 Å². The first-order chi connectivity index (χ1) is 18.7. The molecule has 1 aliphatic heterocycles. The predicted octanol–water partition coefficient (Wildman–Crippen LogP) is 3.28. The SMILES string of the molecule is CC1(C)[C@]2(O)[C@H](c3coc(=O)[nH]c3=O)O[C@H](COC(c3ccccc3)(c3ccccc3)c3ccccc3)[C@]12O. The minimum Gasteiger partial charge on any atom is -0.417 e. The van der Waals surface area contributed by atoms with E-state index >= 15 is 0 Å². The topological polar surface area (TPSA) is 122 Å². The van der Waals surface area contributed by atoms with Gasteiger partial charge in [-0.3, -0.25) is 9.78 Å². The number of hydrogen-bond acceptors (Lipinski definition) is 7. The summed E-state index contributed by atoms with van der Waals surface area (Å²) in [5, 5.41) is 23.6. The number of H-pyrrole nitrogens is 1. The Kier molecular flexibility index (Phi) is 5.78. The van der Waals surface area contributed by atoms with Crippen LogP contribution in [-0.2, 0) is 15.1 Å². The molecule has 0 unspecified atom stereocenters. The normalized spacial score (nSPS) is 27.2. The van der Waals surface area contributed by atoms with E-state index in [9.17, 15) is 19.8 Å². The van der Waals surface area contributed by atoms with Crippen LogP contribution in [0.5, 0.6) is 0 Å². The molecule has 1 saturated carbocycles. The van der Waals surface area contributed by atoms with Gasteiger partial charge in [0, 0.05) is 5.41 Å². The molecule has 4 atom stereocenters. The summed E-state index contributed by atoms with van der Waals surface area (Å²) in [6.07, 6.45) is -1.27. The smallest absolute Gasteiger partial charge is 0.417 e. The van der Waals surface area contributed by atoms with Crippen molar-refractivity contribution < 1.29 is 24.1 Å². The minimum absolute atomic E-state index is 0.0796. The average Bonchev–Trinajstić information content (AvgIpc) is 3.16. The Morgan fingerprint density at radius 2 is 1.31 bits per heavy atom. The molecule has 0 radical (unpaired) electrons. The predicted molar refractivity (Wildman–Crippen MR) is 142 cm³/mol. The molecule has 8 heteroatoms. The lowest BCUT2D eigenvalue weighted by molar-refractivity contribution is -0.128. The molecule has 0 amide bonds. The fourth-order valence-corrected chi connectivity index (χ4v) is 6.41. The van der Waals surface area contributed by atoms with E-state index in [2.05, 4.69) is 4.98 Å². The van der Waals surface area contributed by atoms with Crippen molar-refractivity contribution in [1.29, 1.82) is 0 Å². The lowest BCUT2D eigenvalue weighted by atomic mass is 9.80. The molecule has 3 N–H and O–H groups in total. The highest BCUT2D eigenvalue weighted by Gasteiger charge is 2.92. The summed E-state index contributed by atoms with van der Waals surface area (Å²) in [6, 6.07) is 29.3. The van der Waals surface area contributed by atoms with Gasteiger partial charge in [-0.25, -0.2) is 4.79 Å². The van der Waals surface area contributed by atoms with Crippen molar-refractivity contribution in [3.8, 4) is 0 Å². The summed E-state index contributed by atoms with van der Waals surface area (Å²) in [5.41, 5.74) is -3.88. The molecule has 200 valence electrons. The third-order valence-electron chi connectivity index (χ3n) is 8.62. The Morgan fingerprint density at radius 3 is 1.77 bits per heavy atom. The molecule has 6 rings (SSSR count). The maximum atomic E-state index is 12.6. The van der Waals surface area contributed by atoms with Crippen LogP contribution in [-0.4, -0.2) is 39.1 Å². The van der Waals surface area contributed by atoms with Gasteiger partial charge in [0.15, 0.2) is 0 Å². The van der Waals surface area contributed by atoms with E-state index in [-0.39, 0.29) is 12.2 Å². The maximum Gasteiger partial charge on any atom is 0.419 e. The monoisotopic (exact) mass is 527 g/mol. The second-order valence-electron chi connectivity index (χ2n) is 10.7. The van der Waals surface area contributed by atoms with Gasteiger partial charge in [0.2, 0.25) is 0 Å². The zero-order valence-corrected chi connectivity index (χ0v) is 21.5. The van der Waals surface area contributed by atoms with E-state index in [0.717, 1.165) is 23.0 Å². The van der Waals surface area contributed by atoms with Gasteiger partial charge in [-0.1, -0.05) is 105 Å². The number of hydrogen-bond donors (Lipinski definition) is 3. The zero-order valence-electron chi connectivity index (χ0n) is 21.5. The number of ether oxygens (including phenoxy) is 2. The lowest BCUT2D eigenvalue weighted by Gasteiger charge is -2.37. The van der Waals surface area contributed by atoms with Crippen LogP contribution in [0, 0.1) is 5.41 Å². The lowest BCUT2D eigenvalue weighted by Crippen LogP contribution is -2.42. The second kappa shape index (κ2) is 8.86. The molecule has 2 heterocycles. The third-order valence-corrected chi connectivity index (χ3v) is 8.62. The van der Waals surface area contributed by atoms with Gasteiger partial charge < -0.3 is 24.1 Å². The van der Waals surface area contributed by atoms with Gasteiger partial charge in [0.05, 0.1) is 12.2 Å². The molecule has 3 aromatic carbocycles. The Hall–Kier alpha value is -3.82. The van der Waals surface area contributed by atoms with E-state index in [1.54, 1.807) is 13.8 Å². The number of aromatic amines is 1. The molecule has 2 fully saturated rings. The van der Waals surface area contributed by atoms with E-state index in [1.165, 1.54) is 0 Å². The number of nitrogens with one attached hydrogen (secondary N) is 1. The first-order valence-electron chi connectivity index (χ1n) is 12.8. The Morgan fingerprint density at radius 1 is 0.821 bits per heavy atom. The van der Waals surface area contributed by atoms with Crippen molar-refractivity contribution in [3.05, 3.63) is 140 Å². The van der Waals surface area contributed by atoms with Crippen molar-refractivity contribution in [3.63, 3.8) is 0 Å². The molecule has 0 bridgehead atoms. The Balaban J connectivity index is 1.44. The summed E-state index contributed by atoms with van der Waals surface area (Å²) in [4.78, 5) is 26.2. The van der Waals surface area contributed by atoms with Gasteiger partial charge in [-0.15, -0.1) is 0 Å². The van der Waals surface area contributed by atoms with Crippen LogP contribution >= 0.6 is 0 Å². The number of aromatic nitrogens is 1. The van der Waals surface area contributed by atoms with Crippen LogP contribution in [0.1, 0.15) is 42.2 Å². The summed E-state index contributed by atoms with van der Waals surface area (Å²) >= 11 is 0. The first kappa shape index (κ1) is 25.5. The minimum atomic E-state index is -1.81. The molecule has 39 heavy (non-hydrogen) atoms. The van der Waals surface area contributed by atoms with Crippen molar-refractivity contribution in [2.24, 2.45) is 5.41 Å². The van der Waals surface area contributed by atoms with Crippen molar-refractivity contribution in [2.75, 3.05) is 6.61 Å². The van der Waals surface area contributed by atoms with Gasteiger partial charge in [-0.2, -0.15) is 0 Å². The van der Waals surface area contributed by atoms with E-state index in [4.69, 9.17) is 13.9 Å². The standard InChI is InChI=1S/C31H29NO7/c1-28(2)30(35)24(39-25(31(28,30)36)23-18-37-27(34)32-26(23)33)19-38-29(20-12-6-3-7-13-20,21-14-8-4-9-15-21)22-16-10-5-11-17-22/h3-18,24-25,35-36H,19H2,1-2H3,(H,32,33,34)/t24-,25+,30+,31-/m1/s1. The van der Waals surface area contributed by atoms with Crippen LogP contribution in [0.3, 0.4) is 0 Å². The average molecular weight is 528 g/mol. The fourth-order valence-electron chi connectivity index (χ4n) is 6.41. The maximum absolute atomic E-state index is 12.6. The van der Waals surface area contributed by atoms with Crippen molar-refractivity contribution >= 4 is 0 Å².